The summed E-state index contributed by atoms with van der Waals surface area (Å²) >= 11 is 0. The Morgan fingerprint density at radius 2 is 2.19 bits per heavy atom. The van der Waals surface area contributed by atoms with Crippen LogP contribution in [-0.2, 0) is 0 Å². The Morgan fingerprint density at radius 1 is 1.43 bits per heavy atom. The molecule has 0 atom stereocenters. The standard InChI is InChI=1S/C14H11N5O2/c1-7-3-10(12-9(5-15)4-8(2)21-12)18-19-11(13(16)20)6-17-14(7)19/h3-4,6H,1-2H3,(H2,16,20). The van der Waals surface area contributed by atoms with Crippen LogP contribution in [0.1, 0.15) is 27.4 Å². The van der Waals surface area contributed by atoms with Gasteiger partial charge >= 0.3 is 0 Å². The van der Waals surface area contributed by atoms with Crippen LogP contribution in [0, 0.1) is 25.2 Å². The number of fused-ring (bicyclic) bond motifs is 1. The number of furan rings is 1. The molecule has 0 fully saturated rings. The van der Waals surface area contributed by atoms with E-state index in [9.17, 15) is 4.79 Å². The van der Waals surface area contributed by atoms with E-state index in [0.717, 1.165) is 5.56 Å². The van der Waals surface area contributed by atoms with Gasteiger partial charge in [0, 0.05) is 0 Å². The van der Waals surface area contributed by atoms with Crippen LogP contribution in [0.4, 0.5) is 0 Å². The van der Waals surface area contributed by atoms with Crippen molar-refractivity contribution in [1.82, 2.24) is 14.6 Å². The normalized spacial score (nSPS) is 10.7. The van der Waals surface area contributed by atoms with Crippen LogP contribution in [-0.4, -0.2) is 20.5 Å². The Kier molecular flexibility index (Phi) is 2.73. The molecule has 3 heterocycles. The largest absolute Gasteiger partial charge is 0.458 e. The highest BCUT2D eigenvalue weighted by Gasteiger charge is 2.17. The molecule has 7 nitrogen and oxygen atoms in total. The molecule has 0 aromatic carbocycles. The molecular weight excluding hydrogens is 270 g/mol. The minimum atomic E-state index is -0.623. The summed E-state index contributed by atoms with van der Waals surface area (Å²) in [6.07, 6.45) is 1.38. The molecule has 0 saturated carbocycles. The molecule has 3 aromatic heterocycles. The highest BCUT2D eigenvalue weighted by Crippen LogP contribution is 2.26. The maximum Gasteiger partial charge on any atom is 0.269 e. The molecule has 0 aliphatic heterocycles. The number of carbonyl (C=O) groups is 1. The lowest BCUT2D eigenvalue weighted by Gasteiger charge is -2.03. The minimum absolute atomic E-state index is 0.178. The fraction of sp³-hybridized carbons (Fsp3) is 0.143. The number of nitriles is 1. The second kappa shape index (κ2) is 4.45. The van der Waals surface area contributed by atoms with E-state index in [1.165, 1.54) is 10.7 Å². The van der Waals surface area contributed by atoms with Crippen LogP contribution < -0.4 is 5.73 Å². The first-order chi connectivity index (χ1) is 10.0. The number of carbonyl (C=O) groups excluding carboxylic acids is 1. The van der Waals surface area contributed by atoms with Crippen molar-refractivity contribution in [2.45, 2.75) is 13.8 Å². The first-order valence-corrected chi connectivity index (χ1v) is 6.17. The lowest BCUT2D eigenvalue weighted by Crippen LogP contribution is -2.15. The van der Waals surface area contributed by atoms with Gasteiger partial charge in [-0.15, -0.1) is 0 Å². The van der Waals surface area contributed by atoms with Gasteiger partial charge in [0.15, 0.2) is 11.4 Å². The quantitative estimate of drug-likeness (QED) is 0.766. The first-order valence-electron chi connectivity index (χ1n) is 6.17. The Balaban J connectivity index is 2.31. The second-order valence-corrected chi connectivity index (χ2v) is 4.67. The summed E-state index contributed by atoms with van der Waals surface area (Å²) in [5, 5.41) is 13.5. The van der Waals surface area contributed by atoms with Gasteiger partial charge < -0.3 is 10.2 Å². The molecule has 0 aliphatic carbocycles. The third kappa shape index (κ3) is 1.94. The van der Waals surface area contributed by atoms with Crippen LogP contribution in [0.15, 0.2) is 22.7 Å². The number of imidazole rings is 1. The van der Waals surface area contributed by atoms with Crippen molar-refractivity contribution < 1.29 is 9.21 Å². The number of hydrogen-bond donors (Lipinski definition) is 1. The molecule has 104 valence electrons. The van der Waals surface area contributed by atoms with E-state index in [-0.39, 0.29) is 5.69 Å². The Labute approximate surface area is 119 Å². The second-order valence-electron chi connectivity index (χ2n) is 4.67. The molecule has 0 aliphatic rings. The van der Waals surface area contributed by atoms with Gasteiger partial charge in [0.2, 0.25) is 0 Å². The lowest BCUT2D eigenvalue weighted by molar-refractivity contribution is 0.0993. The van der Waals surface area contributed by atoms with Gasteiger partial charge in [0.1, 0.15) is 28.8 Å². The molecule has 3 aromatic rings. The lowest BCUT2D eigenvalue weighted by atomic mass is 10.2. The number of nitrogens with zero attached hydrogens (tertiary/aromatic N) is 4. The number of primary amides is 1. The predicted molar refractivity (Wildman–Crippen MR) is 73.4 cm³/mol. The fourth-order valence-electron chi connectivity index (χ4n) is 2.19. The maximum absolute atomic E-state index is 11.4. The van der Waals surface area contributed by atoms with Crippen LogP contribution in [0.3, 0.4) is 0 Å². The molecule has 3 rings (SSSR count). The van der Waals surface area contributed by atoms with E-state index < -0.39 is 5.91 Å². The van der Waals surface area contributed by atoms with Crippen molar-refractivity contribution in [2.24, 2.45) is 5.73 Å². The van der Waals surface area contributed by atoms with E-state index in [4.69, 9.17) is 15.4 Å². The number of rotatable bonds is 2. The van der Waals surface area contributed by atoms with Gasteiger partial charge in [-0.2, -0.15) is 10.4 Å². The highest BCUT2D eigenvalue weighted by molar-refractivity contribution is 5.91. The Bertz CT molecular complexity index is 913. The monoisotopic (exact) mass is 281 g/mol. The zero-order valence-corrected chi connectivity index (χ0v) is 11.4. The number of amides is 1. The van der Waals surface area contributed by atoms with Gasteiger partial charge in [-0.05, 0) is 31.5 Å². The van der Waals surface area contributed by atoms with Gasteiger partial charge in [0.25, 0.3) is 5.91 Å². The predicted octanol–water partition coefficient (Wildman–Crippen LogP) is 1.58. The van der Waals surface area contributed by atoms with Gasteiger partial charge in [-0.3, -0.25) is 4.79 Å². The summed E-state index contributed by atoms with van der Waals surface area (Å²) in [5.41, 5.74) is 7.66. The number of nitrogens with two attached hydrogens (primary N) is 1. The van der Waals surface area contributed by atoms with E-state index >= 15 is 0 Å². The van der Waals surface area contributed by atoms with Crippen LogP contribution >= 0.6 is 0 Å². The first kappa shape index (κ1) is 12.9. The van der Waals surface area contributed by atoms with Crippen molar-refractivity contribution in [2.75, 3.05) is 0 Å². The number of hydrogen-bond acceptors (Lipinski definition) is 5. The van der Waals surface area contributed by atoms with E-state index in [1.54, 1.807) is 19.1 Å². The SMILES string of the molecule is Cc1cc(C#N)c(-c2cc(C)c3ncc(C(N)=O)n3n2)o1. The Hall–Kier alpha value is -3.14. The van der Waals surface area contributed by atoms with Gasteiger partial charge in [-0.25, -0.2) is 9.50 Å². The summed E-state index contributed by atoms with van der Waals surface area (Å²) in [4.78, 5) is 15.5. The van der Waals surface area contributed by atoms with Crippen molar-refractivity contribution >= 4 is 11.6 Å². The van der Waals surface area contributed by atoms with Crippen LogP contribution in [0.2, 0.25) is 0 Å². The maximum atomic E-state index is 11.4. The van der Waals surface area contributed by atoms with E-state index in [0.29, 0.717) is 28.4 Å². The summed E-state index contributed by atoms with van der Waals surface area (Å²) < 4.78 is 6.90. The minimum Gasteiger partial charge on any atom is -0.458 e. The molecule has 0 spiro atoms. The Morgan fingerprint density at radius 3 is 2.86 bits per heavy atom. The molecule has 1 amide bonds. The molecule has 0 unspecified atom stereocenters. The third-order valence-corrected chi connectivity index (χ3v) is 3.11. The average molecular weight is 281 g/mol. The van der Waals surface area contributed by atoms with Crippen molar-refractivity contribution in [3.05, 3.63) is 40.9 Å². The highest BCUT2D eigenvalue weighted by atomic mass is 16.3. The molecule has 0 radical (unpaired) electrons. The molecule has 7 heteroatoms. The summed E-state index contributed by atoms with van der Waals surface area (Å²) in [6, 6.07) is 5.46. The molecule has 2 N–H and O–H groups in total. The fourth-order valence-corrected chi connectivity index (χ4v) is 2.19. The average Bonchev–Trinajstić information content (AvgIpc) is 3.01. The number of aromatic nitrogens is 3. The summed E-state index contributed by atoms with van der Waals surface area (Å²) in [7, 11) is 0. The van der Waals surface area contributed by atoms with Crippen molar-refractivity contribution in [1.29, 1.82) is 5.26 Å². The zero-order chi connectivity index (χ0) is 15.1. The topological polar surface area (TPSA) is 110 Å². The van der Waals surface area contributed by atoms with Gasteiger partial charge in [0.05, 0.1) is 6.20 Å². The summed E-state index contributed by atoms with van der Waals surface area (Å²) in [6.45, 7) is 3.59. The van der Waals surface area contributed by atoms with E-state index in [1.807, 2.05) is 6.92 Å². The molecule has 0 bridgehead atoms. The molecule has 21 heavy (non-hydrogen) atoms. The third-order valence-electron chi connectivity index (χ3n) is 3.11. The van der Waals surface area contributed by atoms with Gasteiger partial charge in [-0.1, -0.05) is 0 Å². The smallest absolute Gasteiger partial charge is 0.269 e. The molecular formula is C14H11N5O2. The van der Waals surface area contributed by atoms with Crippen LogP contribution in [0.5, 0.6) is 0 Å². The van der Waals surface area contributed by atoms with Crippen LogP contribution in [0.25, 0.3) is 17.1 Å². The molecule has 0 saturated heterocycles. The van der Waals surface area contributed by atoms with Crippen molar-refractivity contribution in [3.8, 4) is 17.5 Å². The number of aryl methyl sites for hydroxylation is 2. The summed E-state index contributed by atoms with van der Waals surface area (Å²) in [5.74, 6) is 0.355. The van der Waals surface area contributed by atoms with E-state index in [2.05, 4.69) is 16.2 Å². The zero-order valence-electron chi connectivity index (χ0n) is 11.4. The van der Waals surface area contributed by atoms with Crippen molar-refractivity contribution in [3.63, 3.8) is 0 Å².